The van der Waals surface area contributed by atoms with Gasteiger partial charge in [0.1, 0.15) is 6.54 Å². The molecule has 0 atom stereocenters. The molecule has 29 heavy (non-hydrogen) atoms. The molecule has 0 radical (unpaired) electrons. The maximum atomic E-state index is 12.5. The Bertz CT molecular complexity index is 763. The third-order valence-electron chi connectivity index (χ3n) is 5.70. The van der Waals surface area contributed by atoms with E-state index in [-0.39, 0.29) is 5.91 Å². The molecule has 0 bridgehead atoms. The van der Waals surface area contributed by atoms with E-state index in [1.807, 2.05) is 18.0 Å². The number of piperidine rings is 1. The first kappa shape index (κ1) is 21.5. The number of likely N-dealkylation sites (tertiary alicyclic amines) is 1. The summed E-state index contributed by atoms with van der Waals surface area (Å²) in [5.74, 6) is 0.828. The van der Waals surface area contributed by atoms with Gasteiger partial charge in [-0.05, 0) is 55.8 Å². The van der Waals surface area contributed by atoms with E-state index in [9.17, 15) is 4.79 Å². The first-order valence-corrected chi connectivity index (χ1v) is 10.6. The van der Waals surface area contributed by atoms with Gasteiger partial charge in [0.15, 0.2) is 0 Å². The van der Waals surface area contributed by atoms with Crippen molar-refractivity contribution in [1.82, 2.24) is 19.6 Å². The van der Waals surface area contributed by atoms with Gasteiger partial charge in [-0.1, -0.05) is 24.3 Å². The number of hydrogen-bond acceptors (Lipinski definition) is 4. The normalized spacial score (nSPS) is 15.2. The fourth-order valence-electron chi connectivity index (χ4n) is 3.93. The van der Waals surface area contributed by atoms with Crippen molar-refractivity contribution in [2.75, 3.05) is 40.4 Å². The highest BCUT2D eigenvalue weighted by molar-refractivity contribution is 5.76. The van der Waals surface area contributed by atoms with E-state index < -0.39 is 0 Å². The van der Waals surface area contributed by atoms with Gasteiger partial charge in [0.2, 0.25) is 5.91 Å². The van der Waals surface area contributed by atoms with Crippen LogP contribution in [0, 0.1) is 12.8 Å². The van der Waals surface area contributed by atoms with Crippen molar-refractivity contribution < 1.29 is 9.53 Å². The fourth-order valence-corrected chi connectivity index (χ4v) is 3.93. The average Bonchev–Trinajstić information content (AvgIpc) is 3.13. The first-order valence-electron chi connectivity index (χ1n) is 10.6. The Morgan fingerprint density at radius 2 is 1.90 bits per heavy atom. The number of benzene rings is 1. The smallest absolute Gasteiger partial charge is 0.244 e. The summed E-state index contributed by atoms with van der Waals surface area (Å²) in [7, 11) is 3.86. The molecule has 0 saturated carbocycles. The van der Waals surface area contributed by atoms with E-state index in [2.05, 4.69) is 41.3 Å². The van der Waals surface area contributed by atoms with E-state index in [4.69, 9.17) is 4.74 Å². The zero-order chi connectivity index (χ0) is 20.6. The van der Waals surface area contributed by atoms with Crippen molar-refractivity contribution in [2.24, 2.45) is 5.92 Å². The molecule has 2 aromatic rings. The van der Waals surface area contributed by atoms with Crippen LogP contribution in [0.4, 0.5) is 0 Å². The molecule has 0 aliphatic carbocycles. The monoisotopic (exact) mass is 398 g/mol. The molecule has 1 amide bonds. The molecule has 0 spiro atoms. The number of rotatable bonds is 9. The van der Waals surface area contributed by atoms with Crippen molar-refractivity contribution >= 4 is 5.91 Å². The highest BCUT2D eigenvalue weighted by Gasteiger charge is 2.23. The van der Waals surface area contributed by atoms with Crippen LogP contribution in [-0.2, 0) is 29.0 Å². The van der Waals surface area contributed by atoms with Crippen molar-refractivity contribution in [2.45, 2.75) is 39.3 Å². The molecule has 3 rings (SSSR count). The van der Waals surface area contributed by atoms with Gasteiger partial charge in [0.05, 0.1) is 12.8 Å². The molecule has 1 aromatic carbocycles. The molecule has 158 valence electrons. The number of ether oxygens (including phenoxy) is 1. The van der Waals surface area contributed by atoms with Crippen molar-refractivity contribution in [1.29, 1.82) is 0 Å². The van der Waals surface area contributed by atoms with Gasteiger partial charge in [0, 0.05) is 39.5 Å². The largest absolute Gasteiger partial charge is 0.383 e. The van der Waals surface area contributed by atoms with Gasteiger partial charge in [0.25, 0.3) is 0 Å². The lowest BCUT2D eigenvalue weighted by atomic mass is 9.90. The summed E-state index contributed by atoms with van der Waals surface area (Å²) in [6.07, 6.45) is 6.96. The second-order valence-electron chi connectivity index (χ2n) is 8.29. The number of hydrogen-bond donors (Lipinski definition) is 0. The predicted molar refractivity (Wildman–Crippen MR) is 115 cm³/mol. The summed E-state index contributed by atoms with van der Waals surface area (Å²) in [4.78, 5) is 16.8. The van der Waals surface area contributed by atoms with Crippen LogP contribution >= 0.6 is 0 Å². The third-order valence-corrected chi connectivity index (χ3v) is 5.70. The molecule has 0 N–H and O–H groups in total. The summed E-state index contributed by atoms with van der Waals surface area (Å²) in [5.41, 5.74) is 3.82. The number of amides is 1. The Morgan fingerprint density at radius 1 is 1.21 bits per heavy atom. The van der Waals surface area contributed by atoms with Crippen molar-refractivity contribution in [3.8, 4) is 0 Å². The Kier molecular flexibility index (Phi) is 7.83. The molecule has 1 aromatic heterocycles. The Labute approximate surface area is 174 Å². The second-order valence-corrected chi connectivity index (χ2v) is 8.29. The molecule has 1 aliphatic heterocycles. The molecule has 1 aliphatic rings. The number of nitrogens with zero attached hydrogens (tertiary/aromatic N) is 4. The van der Waals surface area contributed by atoms with Crippen LogP contribution in [-0.4, -0.2) is 65.9 Å². The minimum Gasteiger partial charge on any atom is -0.383 e. The minimum absolute atomic E-state index is 0.175. The second kappa shape index (κ2) is 10.6. The van der Waals surface area contributed by atoms with Crippen molar-refractivity contribution in [3.63, 3.8) is 0 Å². The molecule has 1 fully saturated rings. The van der Waals surface area contributed by atoms with Gasteiger partial charge in [-0.15, -0.1) is 0 Å². The number of likely N-dealkylation sites (N-methyl/N-ethyl adjacent to an activating group) is 1. The van der Waals surface area contributed by atoms with Crippen LogP contribution in [0.5, 0.6) is 0 Å². The van der Waals surface area contributed by atoms with Crippen LogP contribution in [0.2, 0.25) is 0 Å². The molecule has 6 heteroatoms. The Hall–Kier alpha value is -2.18. The van der Waals surface area contributed by atoms with Gasteiger partial charge >= 0.3 is 0 Å². The van der Waals surface area contributed by atoms with Crippen LogP contribution in [0.15, 0.2) is 36.7 Å². The van der Waals surface area contributed by atoms with Gasteiger partial charge in [-0.3, -0.25) is 14.4 Å². The summed E-state index contributed by atoms with van der Waals surface area (Å²) >= 11 is 0. The minimum atomic E-state index is 0.175. The van der Waals surface area contributed by atoms with Crippen LogP contribution in [0.3, 0.4) is 0 Å². The SMILES string of the molecule is COCCN(C)Cc1ccc(CC2CCN(C(=O)Cn3cc(C)cn3)CC2)cc1. The summed E-state index contributed by atoms with van der Waals surface area (Å²) in [6, 6.07) is 9.00. The quantitative estimate of drug-likeness (QED) is 0.652. The Balaban J connectivity index is 1.41. The number of aryl methyl sites for hydroxylation is 1. The molecule has 0 unspecified atom stereocenters. The Morgan fingerprint density at radius 3 is 2.52 bits per heavy atom. The van der Waals surface area contributed by atoms with E-state index in [1.165, 1.54) is 11.1 Å². The maximum Gasteiger partial charge on any atom is 0.244 e. The topological polar surface area (TPSA) is 50.6 Å². The summed E-state index contributed by atoms with van der Waals surface area (Å²) in [5, 5.41) is 4.22. The zero-order valence-electron chi connectivity index (χ0n) is 18.0. The van der Waals surface area contributed by atoms with Crippen molar-refractivity contribution in [3.05, 3.63) is 53.3 Å². The highest BCUT2D eigenvalue weighted by Crippen LogP contribution is 2.22. The lowest BCUT2D eigenvalue weighted by molar-refractivity contribution is -0.133. The lowest BCUT2D eigenvalue weighted by Crippen LogP contribution is -2.40. The molecular formula is C23H34N4O2. The average molecular weight is 399 g/mol. The number of methoxy groups -OCH3 is 1. The summed E-state index contributed by atoms with van der Waals surface area (Å²) in [6.45, 7) is 6.69. The molecule has 6 nitrogen and oxygen atoms in total. The maximum absolute atomic E-state index is 12.5. The lowest BCUT2D eigenvalue weighted by Gasteiger charge is -2.32. The van der Waals surface area contributed by atoms with Gasteiger partial charge < -0.3 is 9.64 Å². The van der Waals surface area contributed by atoms with Gasteiger partial charge in [-0.25, -0.2) is 0 Å². The standard InChI is InChI=1S/C23H34N4O2/c1-19-15-24-27(16-19)18-23(28)26-10-8-21(9-11-26)14-20-4-6-22(7-5-20)17-25(2)12-13-29-3/h4-7,15-16,21H,8-14,17-18H2,1-3H3. The third kappa shape index (κ3) is 6.68. The first-order chi connectivity index (χ1) is 14.0. The zero-order valence-corrected chi connectivity index (χ0v) is 18.0. The highest BCUT2D eigenvalue weighted by atomic mass is 16.5. The number of aromatic nitrogens is 2. The van der Waals surface area contributed by atoms with E-state index in [1.54, 1.807) is 18.0 Å². The molecular weight excluding hydrogens is 364 g/mol. The molecule has 2 heterocycles. The predicted octanol–water partition coefficient (Wildman–Crippen LogP) is 2.75. The van der Waals surface area contributed by atoms with E-state index in [0.29, 0.717) is 12.5 Å². The van der Waals surface area contributed by atoms with Crippen LogP contribution in [0.25, 0.3) is 0 Å². The van der Waals surface area contributed by atoms with Crippen LogP contribution < -0.4 is 0 Å². The van der Waals surface area contributed by atoms with Crippen LogP contribution in [0.1, 0.15) is 29.5 Å². The van der Waals surface area contributed by atoms with Gasteiger partial charge in [-0.2, -0.15) is 5.10 Å². The summed E-state index contributed by atoms with van der Waals surface area (Å²) < 4.78 is 6.87. The fraction of sp³-hybridized carbons (Fsp3) is 0.565. The van der Waals surface area contributed by atoms with E-state index in [0.717, 1.165) is 57.6 Å². The number of carbonyl (C=O) groups is 1. The number of carbonyl (C=O) groups excluding carboxylic acids is 1. The molecule has 1 saturated heterocycles. The van der Waals surface area contributed by atoms with E-state index >= 15 is 0 Å².